The first-order chi connectivity index (χ1) is 19.0. The lowest BCUT2D eigenvalue weighted by molar-refractivity contribution is -0.139. The third-order valence-corrected chi connectivity index (χ3v) is 8.10. The Balaban J connectivity index is 2.12. The van der Waals surface area contributed by atoms with Crippen LogP contribution in [0.3, 0.4) is 0 Å². The smallest absolute Gasteiger partial charge is 0.264 e. The number of anilines is 1. The van der Waals surface area contributed by atoms with Gasteiger partial charge in [-0.15, -0.1) is 0 Å². The summed E-state index contributed by atoms with van der Waals surface area (Å²) in [5.41, 5.74) is 1.52. The Morgan fingerprint density at radius 3 is 2.20 bits per heavy atom. The number of carbonyl (C=O) groups excluding carboxylic acids is 2. The number of hydrogen-bond acceptors (Lipinski definition) is 6. The summed E-state index contributed by atoms with van der Waals surface area (Å²) < 4.78 is 53.3. The van der Waals surface area contributed by atoms with Gasteiger partial charge in [-0.3, -0.25) is 13.9 Å². The van der Waals surface area contributed by atoms with Crippen molar-refractivity contribution in [3.8, 4) is 11.5 Å². The maximum absolute atomic E-state index is 14.0. The topological polar surface area (TPSA) is 105 Å². The van der Waals surface area contributed by atoms with Crippen LogP contribution >= 0.6 is 0 Å². The van der Waals surface area contributed by atoms with Crippen LogP contribution in [0.4, 0.5) is 10.1 Å². The first-order valence-corrected chi connectivity index (χ1v) is 14.1. The van der Waals surface area contributed by atoms with Gasteiger partial charge < -0.3 is 19.7 Å². The Kier molecular flexibility index (Phi) is 10.1. The zero-order chi connectivity index (χ0) is 29.4. The monoisotopic (exact) mass is 571 g/mol. The maximum atomic E-state index is 14.0. The molecular formula is C29H34FN3O6S. The van der Waals surface area contributed by atoms with Crippen molar-refractivity contribution in [1.29, 1.82) is 0 Å². The number of amides is 2. The Bertz CT molecular complexity index is 1430. The van der Waals surface area contributed by atoms with Crippen LogP contribution in [0.2, 0.25) is 0 Å². The molecule has 3 rings (SSSR count). The van der Waals surface area contributed by atoms with Gasteiger partial charge in [0.25, 0.3) is 10.0 Å². The number of aryl methyl sites for hydroxylation is 1. The quantitative estimate of drug-likeness (QED) is 0.354. The van der Waals surface area contributed by atoms with E-state index >= 15 is 0 Å². The van der Waals surface area contributed by atoms with Crippen molar-refractivity contribution in [3.05, 3.63) is 83.7 Å². The number of nitrogens with zero attached hydrogens (tertiary/aromatic N) is 2. The molecule has 0 saturated heterocycles. The normalized spacial score (nSPS) is 11.8. The molecule has 0 radical (unpaired) electrons. The van der Waals surface area contributed by atoms with Crippen molar-refractivity contribution in [3.63, 3.8) is 0 Å². The number of likely N-dealkylation sites (N-methyl/N-ethyl adjacent to an activating group) is 1. The SMILES string of the molecule is CCNC(=O)[C@H](C)N(Cc1ccc(F)cc1)C(=O)CN(c1cc(OC)ccc1OC)S(=O)(=O)c1ccc(C)cc1. The average Bonchev–Trinajstić information content (AvgIpc) is 2.95. The van der Waals surface area contributed by atoms with Crippen LogP contribution in [0.1, 0.15) is 25.0 Å². The Morgan fingerprint density at radius 1 is 0.975 bits per heavy atom. The molecule has 0 unspecified atom stereocenters. The molecule has 11 heteroatoms. The summed E-state index contributed by atoms with van der Waals surface area (Å²) in [6.45, 7) is 4.78. The molecule has 0 aliphatic rings. The van der Waals surface area contributed by atoms with Crippen LogP contribution in [-0.2, 0) is 26.2 Å². The van der Waals surface area contributed by atoms with E-state index in [4.69, 9.17) is 9.47 Å². The number of benzene rings is 3. The molecule has 0 fully saturated rings. The molecule has 0 aliphatic heterocycles. The average molecular weight is 572 g/mol. The van der Waals surface area contributed by atoms with Gasteiger partial charge in [0.2, 0.25) is 11.8 Å². The van der Waals surface area contributed by atoms with Crippen molar-refractivity contribution < 1.29 is 31.9 Å². The molecule has 0 aromatic heterocycles. The highest BCUT2D eigenvalue weighted by molar-refractivity contribution is 7.92. The molecule has 9 nitrogen and oxygen atoms in total. The Hall–Kier alpha value is -4.12. The fourth-order valence-electron chi connectivity index (χ4n) is 4.03. The van der Waals surface area contributed by atoms with Gasteiger partial charge in [0.15, 0.2) is 0 Å². The maximum Gasteiger partial charge on any atom is 0.264 e. The second-order valence-electron chi connectivity index (χ2n) is 9.08. The minimum absolute atomic E-state index is 0.0300. The van der Waals surface area contributed by atoms with Crippen LogP contribution in [-0.4, -0.2) is 58.5 Å². The number of ether oxygens (including phenoxy) is 2. The highest BCUT2D eigenvalue weighted by atomic mass is 32.2. The molecule has 214 valence electrons. The van der Waals surface area contributed by atoms with Gasteiger partial charge in [-0.2, -0.15) is 0 Å². The lowest BCUT2D eigenvalue weighted by Crippen LogP contribution is -2.51. The number of nitrogens with one attached hydrogen (secondary N) is 1. The number of methoxy groups -OCH3 is 2. The van der Waals surface area contributed by atoms with Crippen molar-refractivity contribution >= 4 is 27.5 Å². The Labute approximate surface area is 234 Å². The molecule has 0 spiro atoms. The van der Waals surface area contributed by atoms with Gasteiger partial charge in [-0.25, -0.2) is 12.8 Å². The van der Waals surface area contributed by atoms with E-state index in [2.05, 4.69) is 5.32 Å². The van der Waals surface area contributed by atoms with E-state index in [9.17, 15) is 22.4 Å². The van der Waals surface area contributed by atoms with Crippen molar-refractivity contribution in [2.75, 3.05) is 31.6 Å². The minimum atomic E-state index is -4.29. The third kappa shape index (κ3) is 7.09. The molecule has 1 N–H and O–H groups in total. The molecular weight excluding hydrogens is 537 g/mol. The van der Waals surface area contributed by atoms with Gasteiger partial charge in [0, 0.05) is 19.2 Å². The van der Waals surface area contributed by atoms with E-state index < -0.39 is 40.2 Å². The van der Waals surface area contributed by atoms with Gasteiger partial charge in [-0.1, -0.05) is 29.8 Å². The summed E-state index contributed by atoms with van der Waals surface area (Å²) >= 11 is 0. The van der Waals surface area contributed by atoms with Crippen LogP contribution in [0.5, 0.6) is 11.5 Å². The van der Waals surface area contributed by atoms with Crippen molar-refractivity contribution in [2.45, 2.75) is 38.3 Å². The zero-order valence-electron chi connectivity index (χ0n) is 23.2. The predicted octanol–water partition coefficient (Wildman–Crippen LogP) is 3.90. The Morgan fingerprint density at radius 2 is 1.62 bits per heavy atom. The summed E-state index contributed by atoms with van der Waals surface area (Å²) in [5, 5.41) is 2.69. The van der Waals surface area contributed by atoms with Crippen molar-refractivity contribution in [1.82, 2.24) is 10.2 Å². The predicted molar refractivity (Wildman–Crippen MR) is 150 cm³/mol. The summed E-state index contributed by atoms with van der Waals surface area (Å²) in [6, 6.07) is 15.4. The van der Waals surface area contributed by atoms with Crippen molar-refractivity contribution in [2.24, 2.45) is 0 Å². The first-order valence-electron chi connectivity index (χ1n) is 12.6. The van der Waals surface area contributed by atoms with E-state index in [1.165, 1.54) is 61.6 Å². The number of carbonyl (C=O) groups is 2. The second kappa shape index (κ2) is 13.3. The fraction of sp³-hybridized carbons (Fsp3) is 0.310. The summed E-state index contributed by atoms with van der Waals surface area (Å²) in [5.74, 6) is -0.954. The number of halogens is 1. The molecule has 0 saturated carbocycles. The second-order valence-corrected chi connectivity index (χ2v) is 10.9. The highest BCUT2D eigenvalue weighted by Crippen LogP contribution is 2.36. The number of sulfonamides is 1. The molecule has 3 aromatic rings. The molecule has 0 heterocycles. The van der Waals surface area contributed by atoms with Gasteiger partial charge in [0.1, 0.15) is 29.9 Å². The van der Waals surface area contributed by atoms with E-state index in [0.29, 0.717) is 17.9 Å². The van der Waals surface area contributed by atoms with E-state index in [0.717, 1.165) is 9.87 Å². The van der Waals surface area contributed by atoms with E-state index in [1.807, 2.05) is 6.92 Å². The molecule has 40 heavy (non-hydrogen) atoms. The third-order valence-electron chi connectivity index (χ3n) is 6.33. The molecule has 2 amide bonds. The number of rotatable bonds is 12. The standard InChI is InChI=1S/C29H34FN3O6S/c1-6-31-29(35)21(3)32(18-22-9-11-23(30)12-10-22)28(34)19-33(26-17-24(38-4)13-16-27(26)39-5)40(36,37)25-14-7-20(2)8-15-25/h7-17,21H,6,18-19H2,1-5H3,(H,31,35)/t21-/m0/s1. The van der Waals surface area contributed by atoms with Gasteiger partial charge >= 0.3 is 0 Å². The van der Waals surface area contributed by atoms with E-state index in [-0.39, 0.29) is 22.9 Å². The lowest BCUT2D eigenvalue weighted by atomic mass is 10.1. The summed E-state index contributed by atoms with van der Waals surface area (Å²) in [4.78, 5) is 28.0. The number of hydrogen-bond donors (Lipinski definition) is 1. The molecule has 1 atom stereocenters. The van der Waals surface area contributed by atoms with Crippen LogP contribution < -0.4 is 19.1 Å². The van der Waals surface area contributed by atoms with Gasteiger partial charge in [0.05, 0.1) is 24.8 Å². The van der Waals surface area contributed by atoms with Crippen LogP contribution in [0, 0.1) is 12.7 Å². The summed E-state index contributed by atoms with van der Waals surface area (Å²) in [6.07, 6.45) is 0. The van der Waals surface area contributed by atoms with Gasteiger partial charge in [-0.05, 0) is 62.7 Å². The minimum Gasteiger partial charge on any atom is -0.497 e. The molecule has 0 bridgehead atoms. The summed E-state index contributed by atoms with van der Waals surface area (Å²) in [7, 11) is -1.46. The first kappa shape index (κ1) is 30.4. The zero-order valence-corrected chi connectivity index (χ0v) is 24.0. The molecule has 3 aromatic carbocycles. The van der Waals surface area contributed by atoms with Crippen LogP contribution in [0.15, 0.2) is 71.6 Å². The largest absolute Gasteiger partial charge is 0.497 e. The lowest BCUT2D eigenvalue weighted by Gasteiger charge is -2.32. The molecule has 0 aliphatic carbocycles. The fourth-order valence-corrected chi connectivity index (χ4v) is 5.45. The highest BCUT2D eigenvalue weighted by Gasteiger charge is 2.34. The van der Waals surface area contributed by atoms with Crippen LogP contribution in [0.25, 0.3) is 0 Å². The van der Waals surface area contributed by atoms with E-state index in [1.54, 1.807) is 38.1 Å².